The number of halogens is 1. The molecule has 3 aromatic rings. The van der Waals surface area contributed by atoms with E-state index in [9.17, 15) is 14.7 Å². The van der Waals surface area contributed by atoms with Crippen molar-refractivity contribution in [2.24, 2.45) is 0 Å². The number of hydrogen-bond donors (Lipinski definition) is 1. The predicted molar refractivity (Wildman–Crippen MR) is 147 cm³/mol. The summed E-state index contributed by atoms with van der Waals surface area (Å²) in [5, 5.41) is 11.8. The Morgan fingerprint density at radius 3 is 2.24 bits per heavy atom. The fraction of sp³-hybridized carbons (Fsp3) is 0.267. The van der Waals surface area contributed by atoms with Crippen molar-refractivity contribution in [1.29, 1.82) is 0 Å². The molecule has 8 heteroatoms. The molecule has 198 valence electrons. The van der Waals surface area contributed by atoms with Crippen molar-refractivity contribution >= 4 is 34.7 Å². The number of benzene rings is 3. The molecule has 0 saturated carbocycles. The Kier molecular flexibility index (Phi) is 7.97. The van der Waals surface area contributed by atoms with Gasteiger partial charge < -0.3 is 19.3 Å². The van der Waals surface area contributed by atoms with E-state index in [4.69, 9.17) is 25.8 Å². The van der Waals surface area contributed by atoms with Gasteiger partial charge in [0.05, 0.1) is 37.5 Å². The third kappa shape index (κ3) is 4.94. The number of hydrogen-bond acceptors (Lipinski definition) is 6. The first-order chi connectivity index (χ1) is 18.2. The highest BCUT2D eigenvalue weighted by atomic mass is 35.5. The van der Waals surface area contributed by atoms with E-state index in [1.54, 1.807) is 36.4 Å². The molecule has 1 unspecified atom stereocenters. The van der Waals surface area contributed by atoms with Gasteiger partial charge in [0.2, 0.25) is 0 Å². The molecule has 0 radical (unpaired) electrons. The van der Waals surface area contributed by atoms with E-state index in [2.05, 4.69) is 13.8 Å². The second kappa shape index (κ2) is 11.2. The Morgan fingerprint density at radius 1 is 0.947 bits per heavy atom. The highest BCUT2D eigenvalue weighted by Gasteiger charge is 2.47. The van der Waals surface area contributed by atoms with Gasteiger partial charge in [-0.3, -0.25) is 14.5 Å². The number of aliphatic hydroxyl groups excluding tert-OH is 1. The van der Waals surface area contributed by atoms with E-state index in [1.165, 1.54) is 19.1 Å². The van der Waals surface area contributed by atoms with Crippen LogP contribution in [-0.4, -0.2) is 37.6 Å². The number of amides is 1. The molecule has 0 aliphatic carbocycles. The number of methoxy groups -OCH3 is 2. The van der Waals surface area contributed by atoms with Crippen molar-refractivity contribution < 1.29 is 28.9 Å². The Balaban J connectivity index is 1.94. The fourth-order valence-electron chi connectivity index (χ4n) is 4.53. The van der Waals surface area contributed by atoms with Crippen LogP contribution in [-0.2, 0) is 9.59 Å². The standard InChI is InChI=1S/C30H30ClNO6/c1-6-38-24-16-20(9-13-22(24)31)28(33)26-27(19-10-14-23(36-4)25(15-19)37-5)32(30(35)29(26)34)21-11-7-18(8-12-21)17(2)3/h7-17,27,33H,6H2,1-5H3/b28-26-. The molecule has 1 N–H and O–H groups in total. The van der Waals surface area contributed by atoms with E-state index >= 15 is 0 Å². The van der Waals surface area contributed by atoms with E-state index in [0.717, 1.165) is 5.56 Å². The van der Waals surface area contributed by atoms with Crippen LogP contribution in [0.3, 0.4) is 0 Å². The maximum atomic E-state index is 13.5. The van der Waals surface area contributed by atoms with E-state index in [1.807, 2.05) is 31.2 Å². The number of ether oxygens (including phenoxy) is 3. The Hall–Kier alpha value is -3.97. The molecular weight excluding hydrogens is 506 g/mol. The van der Waals surface area contributed by atoms with Gasteiger partial charge in [0, 0.05) is 11.3 Å². The predicted octanol–water partition coefficient (Wildman–Crippen LogP) is 6.51. The molecule has 1 aliphatic heterocycles. The molecule has 0 aromatic heterocycles. The first-order valence-corrected chi connectivity index (χ1v) is 12.6. The van der Waals surface area contributed by atoms with Gasteiger partial charge in [0.25, 0.3) is 11.7 Å². The van der Waals surface area contributed by atoms with Crippen molar-refractivity contribution in [3.05, 3.63) is 87.9 Å². The van der Waals surface area contributed by atoms with Crippen molar-refractivity contribution in [2.75, 3.05) is 25.7 Å². The topological polar surface area (TPSA) is 85.3 Å². The summed E-state index contributed by atoms with van der Waals surface area (Å²) >= 11 is 6.24. The lowest BCUT2D eigenvalue weighted by atomic mass is 9.94. The van der Waals surface area contributed by atoms with Crippen molar-refractivity contribution in [1.82, 2.24) is 0 Å². The second-order valence-electron chi connectivity index (χ2n) is 9.11. The molecule has 0 spiro atoms. The van der Waals surface area contributed by atoms with Gasteiger partial charge in [-0.15, -0.1) is 0 Å². The molecule has 1 fully saturated rings. The number of nitrogens with zero attached hydrogens (tertiary/aromatic N) is 1. The summed E-state index contributed by atoms with van der Waals surface area (Å²) in [6, 6.07) is 16.4. The van der Waals surface area contributed by atoms with Gasteiger partial charge in [-0.05, 0) is 66.4 Å². The largest absolute Gasteiger partial charge is 0.507 e. The van der Waals surface area contributed by atoms with Crippen molar-refractivity contribution in [3.63, 3.8) is 0 Å². The van der Waals surface area contributed by atoms with Crippen LogP contribution in [0.25, 0.3) is 5.76 Å². The molecule has 1 amide bonds. The summed E-state index contributed by atoms with van der Waals surface area (Å²) in [5.41, 5.74) is 2.44. The molecule has 7 nitrogen and oxygen atoms in total. The van der Waals surface area contributed by atoms with Crippen LogP contribution in [0.4, 0.5) is 5.69 Å². The maximum Gasteiger partial charge on any atom is 0.300 e. The first-order valence-electron chi connectivity index (χ1n) is 12.3. The summed E-state index contributed by atoms with van der Waals surface area (Å²) in [7, 11) is 3.03. The average molecular weight is 536 g/mol. The molecule has 1 saturated heterocycles. The van der Waals surface area contributed by atoms with E-state index in [-0.39, 0.29) is 11.3 Å². The van der Waals surface area contributed by atoms with Gasteiger partial charge >= 0.3 is 0 Å². The molecule has 1 heterocycles. The second-order valence-corrected chi connectivity index (χ2v) is 9.52. The number of Topliss-reactive ketones (excluding diaryl/α,β-unsaturated/α-hetero) is 1. The van der Waals surface area contributed by atoms with Gasteiger partial charge in [0.15, 0.2) is 11.5 Å². The van der Waals surface area contributed by atoms with Crippen LogP contribution in [0.5, 0.6) is 17.2 Å². The molecule has 3 aromatic carbocycles. The minimum absolute atomic E-state index is 0.0556. The zero-order valence-corrected chi connectivity index (χ0v) is 22.7. The number of rotatable bonds is 8. The number of anilines is 1. The van der Waals surface area contributed by atoms with Gasteiger partial charge in [-0.2, -0.15) is 0 Å². The quantitative estimate of drug-likeness (QED) is 0.201. The van der Waals surface area contributed by atoms with E-state index in [0.29, 0.717) is 51.6 Å². The molecule has 4 rings (SSSR count). The lowest BCUT2D eigenvalue weighted by molar-refractivity contribution is -0.132. The smallest absolute Gasteiger partial charge is 0.300 e. The van der Waals surface area contributed by atoms with Crippen LogP contribution in [0, 0.1) is 0 Å². The third-order valence-electron chi connectivity index (χ3n) is 6.51. The summed E-state index contributed by atoms with van der Waals surface area (Å²) in [5.74, 6) is -0.304. The fourth-order valence-corrected chi connectivity index (χ4v) is 4.70. The molecule has 1 atom stereocenters. The molecular formula is C30H30ClNO6. The SMILES string of the molecule is CCOc1cc(/C(O)=C2/C(=O)C(=O)N(c3ccc(C(C)C)cc3)C2c2ccc(OC)c(OC)c2)ccc1Cl. The molecule has 1 aliphatic rings. The molecule has 38 heavy (non-hydrogen) atoms. The van der Waals surface area contributed by atoms with Crippen LogP contribution in [0.2, 0.25) is 5.02 Å². The maximum absolute atomic E-state index is 13.5. The van der Waals surface area contributed by atoms with Crippen LogP contribution in [0.15, 0.2) is 66.2 Å². The van der Waals surface area contributed by atoms with Crippen molar-refractivity contribution in [3.8, 4) is 17.2 Å². The number of carbonyl (C=O) groups excluding carboxylic acids is 2. The lowest BCUT2D eigenvalue weighted by Gasteiger charge is -2.26. The van der Waals surface area contributed by atoms with Gasteiger partial charge in [-0.1, -0.05) is 43.6 Å². The van der Waals surface area contributed by atoms with Crippen LogP contribution in [0.1, 0.15) is 49.4 Å². The average Bonchev–Trinajstić information content (AvgIpc) is 3.19. The first kappa shape index (κ1) is 27.1. The van der Waals surface area contributed by atoms with Crippen LogP contribution >= 0.6 is 11.6 Å². The van der Waals surface area contributed by atoms with Crippen molar-refractivity contribution in [2.45, 2.75) is 32.7 Å². The zero-order chi connectivity index (χ0) is 27.6. The number of ketones is 1. The number of carbonyl (C=O) groups is 2. The Bertz CT molecular complexity index is 1400. The highest BCUT2D eigenvalue weighted by Crippen LogP contribution is 2.44. The normalized spacial score (nSPS) is 16.7. The minimum Gasteiger partial charge on any atom is -0.507 e. The number of aliphatic hydroxyl groups is 1. The van der Waals surface area contributed by atoms with Crippen LogP contribution < -0.4 is 19.1 Å². The van der Waals surface area contributed by atoms with Gasteiger partial charge in [0.1, 0.15) is 11.5 Å². The monoisotopic (exact) mass is 535 g/mol. The summed E-state index contributed by atoms with van der Waals surface area (Å²) in [6.07, 6.45) is 0. The Labute approximate surface area is 227 Å². The van der Waals surface area contributed by atoms with E-state index < -0.39 is 17.7 Å². The lowest BCUT2D eigenvalue weighted by Crippen LogP contribution is -2.29. The zero-order valence-electron chi connectivity index (χ0n) is 21.9. The third-order valence-corrected chi connectivity index (χ3v) is 6.82. The summed E-state index contributed by atoms with van der Waals surface area (Å²) in [4.78, 5) is 28.4. The summed E-state index contributed by atoms with van der Waals surface area (Å²) < 4.78 is 16.4. The van der Waals surface area contributed by atoms with Gasteiger partial charge in [-0.25, -0.2) is 0 Å². The Morgan fingerprint density at radius 2 is 1.63 bits per heavy atom. The highest BCUT2D eigenvalue weighted by molar-refractivity contribution is 6.51. The minimum atomic E-state index is -0.925. The summed E-state index contributed by atoms with van der Waals surface area (Å²) in [6.45, 7) is 6.34. The molecule has 0 bridgehead atoms.